The molecule has 0 aliphatic carbocycles. The van der Waals surface area contributed by atoms with Gasteiger partial charge in [-0.15, -0.1) is 0 Å². The Hall–Kier alpha value is -1.70. The van der Waals surface area contributed by atoms with E-state index in [1.807, 2.05) is 12.1 Å². The third-order valence-electron chi connectivity index (χ3n) is 3.61. The quantitative estimate of drug-likeness (QED) is 0.779. The van der Waals surface area contributed by atoms with E-state index in [-0.39, 0.29) is 0 Å². The largest absolute Gasteiger partial charge is 0.507 e. The lowest BCUT2D eigenvalue weighted by Crippen LogP contribution is -1.90. The first-order valence-corrected chi connectivity index (χ1v) is 6.19. The average molecular weight is 227 g/mol. The fourth-order valence-corrected chi connectivity index (χ4v) is 2.59. The van der Waals surface area contributed by atoms with Crippen LogP contribution in [0.4, 0.5) is 5.69 Å². The number of phenolic OH excluding ortho intramolecular Hbond substituents is 1. The first kappa shape index (κ1) is 10.5. The summed E-state index contributed by atoms with van der Waals surface area (Å²) in [5.41, 5.74) is 3.77. The molecule has 2 aromatic carbocycles. The van der Waals surface area contributed by atoms with Gasteiger partial charge in [-0.1, -0.05) is 32.0 Å². The zero-order chi connectivity index (χ0) is 12.0. The second-order valence-electron chi connectivity index (χ2n) is 5.06. The first-order valence-electron chi connectivity index (χ1n) is 6.19. The van der Waals surface area contributed by atoms with Crippen molar-refractivity contribution in [1.82, 2.24) is 0 Å². The molecule has 0 unspecified atom stereocenters. The van der Waals surface area contributed by atoms with Crippen LogP contribution < -0.4 is 5.32 Å². The van der Waals surface area contributed by atoms with Gasteiger partial charge in [-0.2, -0.15) is 0 Å². The molecule has 1 heterocycles. The highest BCUT2D eigenvalue weighted by molar-refractivity contribution is 5.96. The van der Waals surface area contributed by atoms with Gasteiger partial charge in [0.15, 0.2) is 0 Å². The van der Waals surface area contributed by atoms with Gasteiger partial charge in [0.25, 0.3) is 0 Å². The summed E-state index contributed by atoms with van der Waals surface area (Å²) in [4.78, 5) is 0. The van der Waals surface area contributed by atoms with Crippen LogP contribution in [0, 0.1) is 0 Å². The molecule has 2 N–H and O–H groups in total. The molecule has 1 aliphatic rings. The van der Waals surface area contributed by atoms with E-state index in [9.17, 15) is 5.11 Å². The minimum atomic E-state index is 0.378. The van der Waals surface area contributed by atoms with Crippen LogP contribution in [-0.2, 0) is 6.42 Å². The molecule has 0 amide bonds. The van der Waals surface area contributed by atoms with Gasteiger partial charge in [0.1, 0.15) is 5.75 Å². The van der Waals surface area contributed by atoms with Gasteiger partial charge in [0.2, 0.25) is 0 Å². The van der Waals surface area contributed by atoms with Gasteiger partial charge in [-0.05, 0) is 28.9 Å². The number of nitrogens with one attached hydrogen (secondary N) is 1. The van der Waals surface area contributed by atoms with Gasteiger partial charge >= 0.3 is 0 Å². The SMILES string of the molecule is CC(C)c1ccc2c(O)cc3c(c2c1)CCN3. The van der Waals surface area contributed by atoms with Crippen LogP contribution in [0.25, 0.3) is 10.8 Å². The minimum Gasteiger partial charge on any atom is -0.507 e. The lowest BCUT2D eigenvalue weighted by Gasteiger charge is -2.11. The van der Waals surface area contributed by atoms with Crippen molar-refractivity contribution in [2.45, 2.75) is 26.2 Å². The molecule has 0 bridgehead atoms. The van der Waals surface area contributed by atoms with E-state index in [0.717, 1.165) is 24.0 Å². The molecular formula is C15H17NO. The van der Waals surface area contributed by atoms with Gasteiger partial charge in [-0.3, -0.25) is 0 Å². The number of fused-ring (bicyclic) bond motifs is 3. The lowest BCUT2D eigenvalue weighted by atomic mass is 9.95. The molecule has 2 nitrogen and oxygen atoms in total. The van der Waals surface area contributed by atoms with Gasteiger partial charge in [0, 0.05) is 23.7 Å². The molecule has 0 saturated heterocycles. The predicted octanol–water partition coefficient (Wildman–Crippen LogP) is 3.64. The van der Waals surface area contributed by atoms with Gasteiger partial charge in [-0.25, -0.2) is 0 Å². The van der Waals surface area contributed by atoms with Crippen molar-refractivity contribution in [1.29, 1.82) is 0 Å². The van der Waals surface area contributed by atoms with E-state index >= 15 is 0 Å². The van der Waals surface area contributed by atoms with E-state index in [4.69, 9.17) is 0 Å². The van der Waals surface area contributed by atoms with Crippen molar-refractivity contribution in [2.75, 3.05) is 11.9 Å². The maximum Gasteiger partial charge on any atom is 0.125 e. The molecule has 1 aliphatic heterocycles. The van der Waals surface area contributed by atoms with Crippen molar-refractivity contribution >= 4 is 16.5 Å². The molecule has 0 spiro atoms. The standard InChI is InChI=1S/C15H17NO/c1-9(2)10-3-4-12-13(7-10)11-5-6-16-14(11)8-15(12)17/h3-4,7-9,16-17H,5-6H2,1-2H3. The number of phenols is 1. The zero-order valence-corrected chi connectivity index (χ0v) is 10.2. The van der Waals surface area contributed by atoms with E-state index in [0.29, 0.717) is 11.7 Å². The molecular weight excluding hydrogens is 210 g/mol. The topological polar surface area (TPSA) is 32.3 Å². The summed E-state index contributed by atoms with van der Waals surface area (Å²) in [6.45, 7) is 5.37. The molecule has 2 aromatic rings. The number of hydrogen-bond donors (Lipinski definition) is 2. The van der Waals surface area contributed by atoms with Crippen LogP contribution >= 0.6 is 0 Å². The van der Waals surface area contributed by atoms with Crippen molar-refractivity contribution in [3.8, 4) is 5.75 Å². The minimum absolute atomic E-state index is 0.378. The Bertz CT molecular complexity index is 587. The molecule has 2 heteroatoms. The molecule has 88 valence electrons. The van der Waals surface area contributed by atoms with Crippen molar-refractivity contribution in [3.05, 3.63) is 35.4 Å². The van der Waals surface area contributed by atoms with E-state index in [2.05, 4.69) is 31.3 Å². The van der Waals surface area contributed by atoms with E-state index < -0.39 is 0 Å². The lowest BCUT2D eigenvalue weighted by molar-refractivity contribution is 0.482. The van der Waals surface area contributed by atoms with E-state index in [1.165, 1.54) is 16.5 Å². The Morgan fingerprint density at radius 1 is 1.18 bits per heavy atom. The average Bonchev–Trinajstić information content (AvgIpc) is 2.76. The molecule has 17 heavy (non-hydrogen) atoms. The van der Waals surface area contributed by atoms with Gasteiger partial charge < -0.3 is 10.4 Å². The smallest absolute Gasteiger partial charge is 0.125 e. The van der Waals surface area contributed by atoms with Gasteiger partial charge in [0.05, 0.1) is 0 Å². The van der Waals surface area contributed by atoms with Crippen molar-refractivity contribution in [3.63, 3.8) is 0 Å². The summed E-state index contributed by atoms with van der Waals surface area (Å²) in [6, 6.07) is 8.23. The zero-order valence-electron chi connectivity index (χ0n) is 10.2. The molecule has 0 saturated carbocycles. The fourth-order valence-electron chi connectivity index (χ4n) is 2.59. The summed E-state index contributed by atoms with van der Waals surface area (Å²) < 4.78 is 0. The number of anilines is 1. The Morgan fingerprint density at radius 2 is 2.00 bits per heavy atom. The third kappa shape index (κ3) is 1.55. The normalized spacial score (nSPS) is 14.1. The Morgan fingerprint density at radius 3 is 2.76 bits per heavy atom. The number of aromatic hydroxyl groups is 1. The second-order valence-corrected chi connectivity index (χ2v) is 5.06. The highest BCUT2D eigenvalue weighted by Crippen LogP contribution is 2.37. The summed E-state index contributed by atoms with van der Waals surface area (Å²) in [5, 5.41) is 15.5. The highest BCUT2D eigenvalue weighted by atomic mass is 16.3. The summed E-state index contributed by atoms with van der Waals surface area (Å²) in [5.74, 6) is 0.898. The van der Waals surface area contributed by atoms with Crippen LogP contribution in [0.3, 0.4) is 0 Å². The number of hydrogen-bond acceptors (Lipinski definition) is 2. The summed E-state index contributed by atoms with van der Waals surface area (Å²) >= 11 is 0. The molecule has 0 aromatic heterocycles. The van der Waals surface area contributed by atoms with Crippen LogP contribution in [-0.4, -0.2) is 11.7 Å². The van der Waals surface area contributed by atoms with Crippen LogP contribution in [0.5, 0.6) is 5.75 Å². The maximum absolute atomic E-state index is 10.0. The Kier molecular flexibility index (Phi) is 2.25. The third-order valence-corrected chi connectivity index (χ3v) is 3.61. The van der Waals surface area contributed by atoms with Crippen molar-refractivity contribution in [2.24, 2.45) is 0 Å². The predicted molar refractivity (Wildman–Crippen MR) is 71.9 cm³/mol. The summed E-state index contributed by atoms with van der Waals surface area (Å²) in [7, 11) is 0. The van der Waals surface area contributed by atoms with Crippen LogP contribution in [0.15, 0.2) is 24.3 Å². The fraction of sp³-hybridized carbons (Fsp3) is 0.333. The monoisotopic (exact) mass is 227 g/mol. The van der Waals surface area contributed by atoms with Crippen molar-refractivity contribution < 1.29 is 5.11 Å². The first-order chi connectivity index (χ1) is 8.16. The second kappa shape index (κ2) is 3.66. The molecule has 0 atom stereocenters. The molecule has 3 rings (SSSR count). The Balaban J connectivity index is 2.34. The van der Waals surface area contributed by atoms with E-state index in [1.54, 1.807) is 0 Å². The van der Waals surface area contributed by atoms with Crippen LogP contribution in [0.2, 0.25) is 0 Å². The molecule has 0 radical (unpaired) electrons. The highest BCUT2D eigenvalue weighted by Gasteiger charge is 2.16. The Labute approximate surface area is 101 Å². The van der Waals surface area contributed by atoms with Crippen LogP contribution in [0.1, 0.15) is 30.9 Å². The number of benzene rings is 2. The number of rotatable bonds is 1. The maximum atomic E-state index is 10.0. The molecule has 0 fully saturated rings. The summed E-state index contributed by atoms with van der Waals surface area (Å²) in [6.07, 6.45) is 1.05.